The molecule has 2 aromatic carbocycles. The molecule has 6 nitrogen and oxygen atoms in total. The number of rotatable bonds is 6. The molecule has 2 heterocycles. The first-order chi connectivity index (χ1) is 18.9. The molecule has 0 radical (unpaired) electrons. The van der Waals surface area contributed by atoms with Crippen LogP contribution in [0.5, 0.6) is 0 Å². The minimum absolute atomic E-state index is 0.101. The van der Waals surface area contributed by atoms with E-state index in [1.807, 2.05) is 37.0 Å². The molecule has 1 atom stereocenters. The molecule has 2 saturated heterocycles. The number of nitrogens with zero attached hydrogens (tertiary/aromatic N) is 4. The number of aryl methyl sites for hydroxylation is 2. The second-order valence-corrected chi connectivity index (χ2v) is 10.5. The van der Waals surface area contributed by atoms with Gasteiger partial charge in [0.05, 0.1) is 11.3 Å². The van der Waals surface area contributed by atoms with Gasteiger partial charge >= 0.3 is 0 Å². The van der Waals surface area contributed by atoms with E-state index >= 15 is 0 Å². The van der Waals surface area contributed by atoms with Crippen LogP contribution in [0.25, 0.3) is 0 Å². The smallest absolute Gasteiger partial charge is 0.254 e. The largest absolute Gasteiger partial charge is 0.382 e. The number of hydrogen-bond acceptors (Lipinski definition) is 5. The maximum Gasteiger partial charge on any atom is 0.254 e. The van der Waals surface area contributed by atoms with Crippen molar-refractivity contribution in [2.24, 2.45) is 0 Å². The van der Waals surface area contributed by atoms with E-state index in [4.69, 9.17) is 6.42 Å². The van der Waals surface area contributed by atoms with Crippen LogP contribution >= 0.6 is 0 Å². The quantitative estimate of drug-likeness (QED) is 0.308. The summed E-state index contributed by atoms with van der Waals surface area (Å²) in [6, 6.07) is 17.4. The number of nitriles is 1. The van der Waals surface area contributed by atoms with Crippen LogP contribution in [0.15, 0.2) is 65.9 Å². The molecular formula is C33H39N5O. The topological polar surface area (TPSA) is 62.6 Å². The number of hydrogen-bond donors (Lipinski definition) is 1. The lowest BCUT2D eigenvalue weighted by Gasteiger charge is -2.41. The summed E-state index contributed by atoms with van der Waals surface area (Å²) in [6.07, 6.45) is 10.9. The van der Waals surface area contributed by atoms with Gasteiger partial charge in [0.25, 0.3) is 5.91 Å². The molecule has 2 aromatic rings. The molecule has 6 heteroatoms. The predicted octanol–water partition coefficient (Wildman–Crippen LogP) is 5.52. The molecule has 39 heavy (non-hydrogen) atoms. The van der Waals surface area contributed by atoms with Crippen LogP contribution in [-0.4, -0.2) is 60.5 Å². The Hall–Kier alpha value is -4.16. The van der Waals surface area contributed by atoms with Crippen molar-refractivity contribution >= 4 is 17.3 Å². The van der Waals surface area contributed by atoms with Gasteiger partial charge in [-0.3, -0.25) is 4.79 Å². The number of carbonyl (C=O) groups excluding carboxylic acids is 1. The zero-order valence-electron chi connectivity index (χ0n) is 23.6. The number of piperazine rings is 1. The van der Waals surface area contributed by atoms with Gasteiger partial charge in [-0.15, -0.1) is 6.42 Å². The van der Waals surface area contributed by atoms with Gasteiger partial charge in [-0.05, 0) is 69.9 Å². The summed E-state index contributed by atoms with van der Waals surface area (Å²) in [5.41, 5.74) is 6.57. The molecule has 0 bridgehead atoms. The van der Waals surface area contributed by atoms with Gasteiger partial charge in [0.1, 0.15) is 6.07 Å². The minimum atomic E-state index is 0.101. The molecule has 202 valence electrons. The van der Waals surface area contributed by atoms with Gasteiger partial charge in [0.2, 0.25) is 0 Å². The molecule has 2 aliphatic rings. The standard InChI is InChI=1S/C33H39N5O/c1-6-11-32(27(7-2)22-34)36-16-14-28(15-17-36)35-31-21-30(24(3)20-25(31)4)33(39)37-18-19-38(26(5)23-37)29-12-9-8-10-13-29/h1,7-13,20-21,26,28,35H,14-19,23H2,2-5H3/b27-7-,32-11+/t26-/m0/s1. The number of likely N-dealkylation sites (tertiary alicyclic amines) is 1. The van der Waals surface area contributed by atoms with E-state index < -0.39 is 0 Å². The Morgan fingerprint density at radius 1 is 1.05 bits per heavy atom. The Bertz CT molecular complexity index is 1320. The SMILES string of the molecule is C#C/C=C(\C(C#N)=C/C)N1CCC(Nc2cc(C(=O)N3CCN(c4ccccc4)[C@@H](C)C3)c(C)cc2C)CC1. The highest BCUT2D eigenvalue weighted by molar-refractivity contribution is 5.97. The first-order valence-corrected chi connectivity index (χ1v) is 13.8. The van der Waals surface area contributed by atoms with Crippen LogP contribution in [0, 0.1) is 37.5 Å². The maximum absolute atomic E-state index is 13.7. The highest BCUT2D eigenvalue weighted by atomic mass is 16.2. The number of anilines is 2. The third-order valence-electron chi connectivity index (χ3n) is 7.90. The fourth-order valence-corrected chi connectivity index (χ4v) is 5.73. The minimum Gasteiger partial charge on any atom is -0.382 e. The Morgan fingerprint density at radius 3 is 2.38 bits per heavy atom. The highest BCUT2D eigenvalue weighted by Crippen LogP contribution is 2.28. The lowest BCUT2D eigenvalue weighted by atomic mass is 9.98. The van der Waals surface area contributed by atoms with E-state index in [-0.39, 0.29) is 18.0 Å². The predicted molar refractivity (Wildman–Crippen MR) is 160 cm³/mol. The van der Waals surface area contributed by atoms with E-state index in [9.17, 15) is 10.1 Å². The normalized spacial score (nSPS) is 18.9. The number of terminal acetylenes is 1. The number of nitrogens with one attached hydrogen (secondary N) is 1. The Morgan fingerprint density at radius 2 is 1.77 bits per heavy atom. The molecule has 2 aliphatic heterocycles. The van der Waals surface area contributed by atoms with Crippen molar-refractivity contribution < 1.29 is 4.79 Å². The van der Waals surface area contributed by atoms with Gasteiger partial charge in [0, 0.05) is 67.8 Å². The maximum atomic E-state index is 13.7. The van der Waals surface area contributed by atoms with Crippen molar-refractivity contribution in [1.82, 2.24) is 9.80 Å². The number of carbonyl (C=O) groups is 1. The molecule has 0 spiro atoms. The van der Waals surface area contributed by atoms with Gasteiger partial charge in [-0.25, -0.2) is 0 Å². The van der Waals surface area contributed by atoms with Gasteiger partial charge in [-0.1, -0.05) is 36.3 Å². The summed E-state index contributed by atoms with van der Waals surface area (Å²) in [5.74, 6) is 2.69. The summed E-state index contributed by atoms with van der Waals surface area (Å²) in [7, 11) is 0. The summed E-state index contributed by atoms with van der Waals surface area (Å²) in [4.78, 5) is 20.3. The molecule has 1 amide bonds. The Labute approximate surface area is 233 Å². The average Bonchev–Trinajstić information content (AvgIpc) is 2.95. The van der Waals surface area contributed by atoms with Crippen molar-refractivity contribution in [3.05, 3.63) is 82.6 Å². The lowest BCUT2D eigenvalue weighted by molar-refractivity contribution is 0.0725. The number of piperidine rings is 1. The Balaban J connectivity index is 1.42. The Kier molecular flexibility index (Phi) is 8.99. The van der Waals surface area contributed by atoms with Gasteiger partial charge < -0.3 is 20.0 Å². The fourth-order valence-electron chi connectivity index (χ4n) is 5.73. The van der Waals surface area contributed by atoms with E-state index in [1.165, 1.54) is 5.69 Å². The van der Waals surface area contributed by atoms with Crippen LogP contribution in [0.4, 0.5) is 11.4 Å². The average molecular weight is 522 g/mol. The number of para-hydroxylation sites is 1. The molecule has 4 rings (SSSR count). The van der Waals surface area contributed by atoms with E-state index in [0.29, 0.717) is 18.7 Å². The van der Waals surface area contributed by atoms with Crippen molar-refractivity contribution in [1.29, 1.82) is 5.26 Å². The van der Waals surface area contributed by atoms with E-state index in [1.54, 1.807) is 6.08 Å². The van der Waals surface area contributed by atoms with E-state index in [2.05, 4.69) is 71.3 Å². The van der Waals surface area contributed by atoms with Crippen LogP contribution < -0.4 is 10.2 Å². The third kappa shape index (κ3) is 6.29. The monoisotopic (exact) mass is 521 g/mol. The highest BCUT2D eigenvalue weighted by Gasteiger charge is 2.29. The molecule has 2 fully saturated rings. The number of amides is 1. The van der Waals surface area contributed by atoms with Gasteiger partial charge in [0.15, 0.2) is 0 Å². The van der Waals surface area contributed by atoms with Crippen LogP contribution in [0.3, 0.4) is 0 Å². The molecule has 0 saturated carbocycles. The fraction of sp³-hybridized carbons (Fsp3) is 0.394. The van der Waals surface area contributed by atoms with Crippen LogP contribution in [-0.2, 0) is 0 Å². The summed E-state index contributed by atoms with van der Waals surface area (Å²) in [5, 5.41) is 13.2. The summed E-state index contributed by atoms with van der Waals surface area (Å²) in [6.45, 7) is 12.0. The second kappa shape index (κ2) is 12.6. The van der Waals surface area contributed by atoms with Crippen molar-refractivity contribution in [3.63, 3.8) is 0 Å². The molecule has 1 N–H and O–H groups in total. The van der Waals surface area contributed by atoms with E-state index in [0.717, 1.165) is 60.6 Å². The summed E-state index contributed by atoms with van der Waals surface area (Å²) < 4.78 is 0. The molecule has 0 unspecified atom stereocenters. The second-order valence-electron chi connectivity index (χ2n) is 10.5. The number of allylic oxidation sites excluding steroid dienone is 3. The first-order valence-electron chi connectivity index (χ1n) is 13.8. The summed E-state index contributed by atoms with van der Waals surface area (Å²) >= 11 is 0. The molecular weight excluding hydrogens is 482 g/mol. The van der Waals surface area contributed by atoms with Crippen LogP contribution in [0.2, 0.25) is 0 Å². The first kappa shape index (κ1) is 27.9. The molecule has 0 aromatic heterocycles. The molecule has 0 aliphatic carbocycles. The number of benzene rings is 2. The van der Waals surface area contributed by atoms with Crippen LogP contribution in [0.1, 0.15) is 48.2 Å². The van der Waals surface area contributed by atoms with Crippen molar-refractivity contribution in [2.75, 3.05) is 42.9 Å². The zero-order valence-corrected chi connectivity index (χ0v) is 23.6. The van der Waals surface area contributed by atoms with Gasteiger partial charge in [-0.2, -0.15) is 5.26 Å². The lowest BCUT2D eigenvalue weighted by Crippen LogP contribution is -2.53. The van der Waals surface area contributed by atoms with Crippen molar-refractivity contribution in [3.8, 4) is 18.4 Å². The third-order valence-corrected chi connectivity index (χ3v) is 7.90. The zero-order chi connectivity index (χ0) is 27.9. The van der Waals surface area contributed by atoms with Crippen molar-refractivity contribution in [2.45, 2.75) is 52.6 Å².